The number of halogens is 1. The number of hydrogen-bond donors (Lipinski definition) is 1. The zero-order valence-corrected chi connectivity index (χ0v) is 15.4. The van der Waals surface area contributed by atoms with E-state index in [-0.39, 0.29) is 17.8 Å². The van der Waals surface area contributed by atoms with Crippen molar-refractivity contribution in [1.82, 2.24) is 10.2 Å². The second-order valence-corrected chi connectivity index (χ2v) is 7.40. The lowest BCUT2D eigenvalue weighted by molar-refractivity contribution is -0.123. The highest BCUT2D eigenvalue weighted by molar-refractivity contribution is 5.78. The Morgan fingerprint density at radius 2 is 2.07 bits per heavy atom. The average molecular weight is 368 g/mol. The SMILES string of the molecule is O=C(CN1CCC[C@H]1Cc1cccc(F)c1)N[C@H]1CCOc2ccccc21. The third kappa shape index (κ3) is 4.30. The monoisotopic (exact) mass is 368 g/mol. The van der Waals surface area contributed by atoms with Crippen molar-refractivity contribution in [1.29, 1.82) is 0 Å². The Hall–Kier alpha value is -2.40. The molecule has 0 bridgehead atoms. The number of carbonyl (C=O) groups is 1. The molecule has 0 aliphatic carbocycles. The van der Waals surface area contributed by atoms with E-state index in [4.69, 9.17) is 4.74 Å². The summed E-state index contributed by atoms with van der Waals surface area (Å²) < 4.78 is 19.1. The summed E-state index contributed by atoms with van der Waals surface area (Å²) in [7, 11) is 0. The van der Waals surface area contributed by atoms with Crippen LogP contribution < -0.4 is 10.1 Å². The predicted octanol–water partition coefficient (Wildman–Crippen LogP) is 3.47. The molecule has 2 aliphatic rings. The number of fused-ring (bicyclic) bond motifs is 1. The summed E-state index contributed by atoms with van der Waals surface area (Å²) in [5.74, 6) is 0.704. The van der Waals surface area contributed by atoms with Gasteiger partial charge in [-0.3, -0.25) is 9.69 Å². The van der Waals surface area contributed by atoms with Crippen LogP contribution in [0.5, 0.6) is 5.75 Å². The number of rotatable bonds is 5. The van der Waals surface area contributed by atoms with E-state index in [1.807, 2.05) is 30.3 Å². The second-order valence-electron chi connectivity index (χ2n) is 7.40. The third-order valence-corrected chi connectivity index (χ3v) is 5.50. The van der Waals surface area contributed by atoms with Gasteiger partial charge in [-0.1, -0.05) is 30.3 Å². The van der Waals surface area contributed by atoms with Gasteiger partial charge in [0.05, 0.1) is 19.2 Å². The first kappa shape index (κ1) is 18.0. The summed E-state index contributed by atoms with van der Waals surface area (Å²) in [6.45, 7) is 1.92. The summed E-state index contributed by atoms with van der Waals surface area (Å²) in [6, 6.07) is 15.0. The molecule has 2 aliphatic heterocycles. The second kappa shape index (κ2) is 8.09. The first-order valence-electron chi connectivity index (χ1n) is 9.68. The van der Waals surface area contributed by atoms with E-state index in [1.54, 1.807) is 12.1 Å². The van der Waals surface area contributed by atoms with Crippen LogP contribution in [0, 0.1) is 5.82 Å². The first-order valence-corrected chi connectivity index (χ1v) is 9.68. The Morgan fingerprint density at radius 1 is 1.19 bits per heavy atom. The van der Waals surface area contributed by atoms with Gasteiger partial charge in [-0.05, 0) is 49.6 Å². The molecule has 5 heteroatoms. The van der Waals surface area contributed by atoms with Crippen LogP contribution in [-0.4, -0.2) is 36.5 Å². The smallest absolute Gasteiger partial charge is 0.234 e. The molecular formula is C22H25FN2O2. The molecule has 4 nitrogen and oxygen atoms in total. The Morgan fingerprint density at radius 3 is 2.96 bits per heavy atom. The molecule has 1 fully saturated rings. The molecule has 142 valence electrons. The molecule has 1 saturated heterocycles. The number of likely N-dealkylation sites (tertiary alicyclic amines) is 1. The number of carbonyl (C=O) groups excluding carboxylic acids is 1. The average Bonchev–Trinajstić information content (AvgIpc) is 3.08. The lowest BCUT2D eigenvalue weighted by Gasteiger charge is -2.29. The summed E-state index contributed by atoms with van der Waals surface area (Å²) in [5.41, 5.74) is 2.04. The zero-order valence-electron chi connectivity index (χ0n) is 15.4. The number of nitrogens with one attached hydrogen (secondary N) is 1. The molecule has 27 heavy (non-hydrogen) atoms. The first-order chi connectivity index (χ1) is 13.2. The molecule has 0 radical (unpaired) electrons. The van der Waals surface area contributed by atoms with E-state index in [2.05, 4.69) is 10.2 Å². The number of ether oxygens (including phenoxy) is 1. The molecule has 2 aromatic rings. The van der Waals surface area contributed by atoms with E-state index < -0.39 is 0 Å². The van der Waals surface area contributed by atoms with Gasteiger partial charge in [-0.2, -0.15) is 0 Å². The van der Waals surface area contributed by atoms with Crippen LogP contribution in [0.2, 0.25) is 0 Å². The lowest BCUT2D eigenvalue weighted by atomic mass is 10.0. The highest BCUT2D eigenvalue weighted by Crippen LogP contribution is 2.31. The standard InChI is InChI=1S/C22H25FN2O2/c23-17-6-3-5-16(13-17)14-18-7-4-11-25(18)15-22(26)24-20-10-12-27-21-9-2-1-8-19(20)21/h1-3,5-6,8-9,13,18,20H,4,7,10-12,14-15H2,(H,24,26)/t18-,20-/m0/s1. The van der Waals surface area contributed by atoms with Gasteiger partial charge in [-0.15, -0.1) is 0 Å². The fraction of sp³-hybridized carbons (Fsp3) is 0.409. The molecule has 0 aromatic heterocycles. The molecule has 1 N–H and O–H groups in total. The number of para-hydroxylation sites is 1. The zero-order chi connectivity index (χ0) is 18.6. The van der Waals surface area contributed by atoms with Crippen LogP contribution in [0.3, 0.4) is 0 Å². The highest BCUT2D eigenvalue weighted by atomic mass is 19.1. The van der Waals surface area contributed by atoms with E-state index in [0.717, 1.165) is 49.1 Å². The maximum absolute atomic E-state index is 13.4. The van der Waals surface area contributed by atoms with Crippen molar-refractivity contribution >= 4 is 5.91 Å². The highest BCUT2D eigenvalue weighted by Gasteiger charge is 2.28. The van der Waals surface area contributed by atoms with Crippen molar-refractivity contribution in [2.45, 2.75) is 37.8 Å². The summed E-state index contributed by atoms with van der Waals surface area (Å²) in [6.07, 6.45) is 3.69. The molecule has 0 unspecified atom stereocenters. The van der Waals surface area contributed by atoms with Crippen LogP contribution in [0.1, 0.15) is 36.4 Å². The minimum Gasteiger partial charge on any atom is -0.493 e. The topological polar surface area (TPSA) is 41.6 Å². The van der Waals surface area contributed by atoms with Crippen molar-refractivity contribution in [3.05, 3.63) is 65.5 Å². The number of amides is 1. The van der Waals surface area contributed by atoms with Crippen LogP contribution in [0.4, 0.5) is 4.39 Å². The number of hydrogen-bond acceptors (Lipinski definition) is 3. The molecule has 1 amide bonds. The van der Waals surface area contributed by atoms with Gasteiger partial charge in [-0.25, -0.2) is 4.39 Å². The fourth-order valence-electron chi connectivity index (χ4n) is 4.19. The minimum atomic E-state index is -0.201. The molecule has 2 aromatic carbocycles. The van der Waals surface area contributed by atoms with Crippen molar-refractivity contribution in [3.8, 4) is 5.75 Å². The Balaban J connectivity index is 1.36. The lowest BCUT2D eigenvalue weighted by Crippen LogP contribution is -2.42. The molecular weight excluding hydrogens is 343 g/mol. The summed E-state index contributed by atoms with van der Waals surface area (Å²) in [5, 5.41) is 3.17. The van der Waals surface area contributed by atoms with Crippen LogP contribution in [0.25, 0.3) is 0 Å². The van der Waals surface area contributed by atoms with Crippen LogP contribution in [-0.2, 0) is 11.2 Å². The minimum absolute atomic E-state index is 0.00622. The van der Waals surface area contributed by atoms with Crippen molar-refractivity contribution in [2.75, 3.05) is 19.7 Å². The maximum Gasteiger partial charge on any atom is 0.234 e. The van der Waals surface area contributed by atoms with Crippen LogP contribution >= 0.6 is 0 Å². The predicted molar refractivity (Wildman–Crippen MR) is 102 cm³/mol. The van der Waals surface area contributed by atoms with Gasteiger partial charge in [0.25, 0.3) is 0 Å². The quantitative estimate of drug-likeness (QED) is 0.879. The summed E-state index contributed by atoms with van der Waals surface area (Å²) >= 11 is 0. The number of nitrogens with zero attached hydrogens (tertiary/aromatic N) is 1. The van der Waals surface area contributed by atoms with Crippen molar-refractivity contribution in [3.63, 3.8) is 0 Å². The van der Waals surface area contributed by atoms with Gasteiger partial charge in [0.15, 0.2) is 0 Å². The molecule has 2 heterocycles. The molecule has 4 rings (SSSR count). The normalized spacial score (nSPS) is 22.1. The largest absolute Gasteiger partial charge is 0.493 e. The number of benzene rings is 2. The van der Waals surface area contributed by atoms with Crippen molar-refractivity contribution < 1.29 is 13.9 Å². The van der Waals surface area contributed by atoms with Crippen LogP contribution in [0.15, 0.2) is 48.5 Å². The van der Waals surface area contributed by atoms with E-state index in [1.165, 1.54) is 6.07 Å². The third-order valence-electron chi connectivity index (χ3n) is 5.50. The molecule has 0 saturated carbocycles. The van der Waals surface area contributed by atoms with Gasteiger partial charge >= 0.3 is 0 Å². The Labute approximate surface area is 159 Å². The molecule has 0 spiro atoms. The van der Waals surface area contributed by atoms with Gasteiger partial charge in [0, 0.05) is 18.0 Å². The maximum atomic E-state index is 13.4. The van der Waals surface area contributed by atoms with E-state index in [9.17, 15) is 9.18 Å². The van der Waals surface area contributed by atoms with Gasteiger partial charge < -0.3 is 10.1 Å². The fourth-order valence-corrected chi connectivity index (χ4v) is 4.19. The van der Waals surface area contributed by atoms with Crippen molar-refractivity contribution in [2.24, 2.45) is 0 Å². The Kier molecular flexibility index (Phi) is 5.39. The summed E-state index contributed by atoms with van der Waals surface area (Å²) in [4.78, 5) is 14.9. The van der Waals surface area contributed by atoms with Gasteiger partial charge in [0.1, 0.15) is 11.6 Å². The Bertz CT molecular complexity index is 810. The molecule has 2 atom stereocenters. The van der Waals surface area contributed by atoms with Gasteiger partial charge in [0.2, 0.25) is 5.91 Å². The van der Waals surface area contributed by atoms with E-state index >= 15 is 0 Å². The van der Waals surface area contributed by atoms with E-state index in [0.29, 0.717) is 19.2 Å².